The fourth-order valence-corrected chi connectivity index (χ4v) is 18.9. The van der Waals surface area contributed by atoms with Gasteiger partial charge in [-0.05, 0) is 146 Å². The van der Waals surface area contributed by atoms with E-state index in [1.165, 1.54) is 32.6 Å². The van der Waals surface area contributed by atoms with E-state index in [4.69, 9.17) is 42.6 Å². The summed E-state index contributed by atoms with van der Waals surface area (Å²) in [7, 11) is 0. The van der Waals surface area contributed by atoms with Crippen molar-refractivity contribution in [3.8, 4) is 115 Å². The first-order valence-corrected chi connectivity index (χ1v) is 37.6. The maximum absolute atomic E-state index is 7.51. The van der Waals surface area contributed by atoms with Gasteiger partial charge in [0.2, 0.25) is 0 Å². The molecule has 0 unspecified atom stereocenters. The standard InChI is InChI=1S/C54H30BN3O6.C42H23BN2O3/c1-7-21-37-31(15-1)56(32-16-2-8-22-38(32)59-37)50-51(57-33-17-3-9-23-39(33)60-40-24-10-4-18-34(40)57)53-49-54(52(50)58-35-19-5-11-25-41(35)61-42-26-12-6-20-36(42)58)64-46-30-14-28-44-48(46)55(49)47-43(62-44)27-13-29-45(47)63-53;1-2-10-24(11-3-1)44-30-14-6-4-12-26(30)28-20-21-29-27-13-5-7-15-31(27)45(42(29)41(28)44)25-22-36-40-37(23-25)48-35-19-9-17-33-39(35)43(40)38-32(46-33)16-8-18-34(38)47-36/h1-30H;1-23H. The van der Waals surface area contributed by atoms with Crippen LogP contribution in [0.4, 0.5) is 51.2 Å². The molecular formula is C96H53B2N5O9. The molecule has 27 rings (SSSR count). The molecule has 0 fully saturated rings. The average molecular weight is 1440 g/mol. The van der Waals surface area contributed by atoms with Crippen LogP contribution >= 0.6 is 0 Å². The Hall–Kier alpha value is -15.2. The van der Waals surface area contributed by atoms with Crippen LogP contribution in [0.15, 0.2) is 322 Å². The largest absolute Gasteiger partial charge is 0.458 e. The Bertz CT molecular complexity index is 6890. The predicted octanol–water partition coefficient (Wildman–Crippen LogP) is 22.0. The third kappa shape index (κ3) is 8.06. The highest BCUT2D eigenvalue weighted by molar-refractivity contribution is 7.00. The molecule has 16 aromatic carbocycles. The van der Waals surface area contributed by atoms with Crippen LogP contribution in [0.3, 0.4) is 0 Å². The summed E-state index contributed by atoms with van der Waals surface area (Å²) in [6, 6.07) is 110. The van der Waals surface area contributed by atoms with Crippen molar-refractivity contribution in [1.82, 2.24) is 9.13 Å². The predicted molar refractivity (Wildman–Crippen MR) is 441 cm³/mol. The first-order valence-electron chi connectivity index (χ1n) is 37.6. The third-order valence-electron chi connectivity index (χ3n) is 23.3. The smallest absolute Gasteiger partial charge is 0.270 e. The van der Waals surface area contributed by atoms with E-state index in [2.05, 4.69) is 163 Å². The Morgan fingerprint density at radius 1 is 0.188 bits per heavy atom. The molecule has 16 heteroatoms. The molecule has 522 valence electrons. The second-order valence-electron chi connectivity index (χ2n) is 29.1. The number of aromatic nitrogens is 2. The van der Waals surface area contributed by atoms with Gasteiger partial charge in [0.1, 0.15) is 74.6 Å². The molecule has 0 saturated carbocycles. The first kappa shape index (κ1) is 59.9. The second-order valence-corrected chi connectivity index (χ2v) is 29.1. The summed E-state index contributed by atoms with van der Waals surface area (Å²) in [6.45, 7) is -0.337. The van der Waals surface area contributed by atoms with Crippen LogP contribution < -0.4 is 90.1 Å². The molecule has 0 saturated heterocycles. The fraction of sp³-hybridized carbons (Fsp3) is 0. The molecule has 0 atom stereocenters. The normalized spacial score (nSPS) is 13.9. The van der Waals surface area contributed by atoms with E-state index in [0.717, 1.165) is 152 Å². The van der Waals surface area contributed by atoms with Gasteiger partial charge in [-0.15, -0.1) is 0 Å². The molecule has 18 aromatic rings. The lowest BCUT2D eigenvalue weighted by Crippen LogP contribution is -2.60. The minimum absolute atomic E-state index is 0.0248. The molecule has 0 bridgehead atoms. The number of anilines is 9. The van der Waals surface area contributed by atoms with Gasteiger partial charge in [0.05, 0.1) is 61.9 Å². The van der Waals surface area contributed by atoms with Crippen LogP contribution in [0, 0.1) is 0 Å². The van der Waals surface area contributed by atoms with E-state index in [-0.39, 0.29) is 13.4 Å². The summed E-state index contributed by atoms with van der Waals surface area (Å²) in [5.41, 5.74) is 20.1. The van der Waals surface area contributed by atoms with Gasteiger partial charge in [0, 0.05) is 72.1 Å². The number of rotatable bonds is 5. The van der Waals surface area contributed by atoms with Gasteiger partial charge in [-0.2, -0.15) is 0 Å². The molecule has 9 aliphatic heterocycles. The van der Waals surface area contributed by atoms with E-state index in [1.54, 1.807) is 0 Å². The van der Waals surface area contributed by atoms with Crippen molar-refractivity contribution in [3.05, 3.63) is 322 Å². The summed E-state index contributed by atoms with van der Waals surface area (Å²) < 4.78 is 66.6. The van der Waals surface area contributed by atoms with Gasteiger partial charge in [-0.3, -0.25) is 14.7 Å². The molecule has 11 heterocycles. The second kappa shape index (κ2) is 22.3. The number of para-hydroxylation sites is 15. The van der Waals surface area contributed by atoms with E-state index >= 15 is 0 Å². The average Bonchev–Trinajstić information content (AvgIpc) is 0.880. The van der Waals surface area contributed by atoms with Crippen LogP contribution in [0.5, 0.6) is 103 Å². The highest BCUT2D eigenvalue weighted by Gasteiger charge is 2.53. The Balaban J connectivity index is 0.000000129. The SMILES string of the molecule is c1ccc(-n2c3ccccc3c3ccc4c5ccccc5n(-c5cc6c7c(c5)Oc5cccc8c5B7c5c(cccc5O6)O8)c4c32)cc1.c1ccc2c(c1)Oc1ccccc1N2c1c2c3c(c(N4c5ccccc5Oc5ccccc54)c1N1c4ccccc4Oc4ccccc41)Oc1cccc4c1B3c1c(cccc1O2)O4. The van der Waals surface area contributed by atoms with Crippen molar-refractivity contribution in [2.75, 3.05) is 14.7 Å². The highest BCUT2D eigenvalue weighted by Crippen LogP contribution is 2.68. The van der Waals surface area contributed by atoms with Crippen molar-refractivity contribution in [3.63, 3.8) is 0 Å². The molecular weight excluding hydrogens is 1390 g/mol. The van der Waals surface area contributed by atoms with E-state index < -0.39 is 0 Å². The highest BCUT2D eigenvalue weighted by atomic mass is 16.5. The van der Waals surface area contributed by atoms with Gasteiger partial charge in [0.15, 0.2) is 46.0 Å². The zero-order valence-corrected chi connectivity index (χ0v) is 59.2. The summed E-state index contributed by atoms with van der Waals surface area (Å²) in [6.07, 6.45) is 0. The van der Waals surface area contributed by atoms with Crippen molar-refractivity contribution in [2.45, 2.75) is 0 Å². The Labute approximate surface area is 640 Å². The summed E-state index contributed by atoms with van der Waals surface area (Å²) in [5.74, 6) is 13.4. The van der Waals surface area contributed by atoms with Crippen molar-refractivity contribution in [2.24, 2.45) is 0 Å². The van der Waals surface area contributed by atoms with Crippen LogP contribution in [-0.4, -0.2) is 22.6 Å². The quantitative estimate of drug-likeness (QED) is 0.153. The lowest BCUT2D eigenvalue weighted by Gasteiger charge is -2.46. The number of hydrogen-bond acceptors (Lipinski definition) is 12. The summed E-state index contributed by atoms with van der Waals surface area (Å²) in [4.78, 5) is 6.92. The molecule has 2 aromatic heterocycles. The fourth-order valence-electron chi connectivity index (χ4n) is 18.9. The van der Waals surface area contributed by atoms with Crippen LogP contribution in [0.25, 0.3) is 55.0 Å². The minimum atomic E-state index is -0.312. The Morgan fingerprint density at radius 3 is 0.830 bits per heavy atom. The molecule has 14 nitrogen and oxygen atoms in total. The molecule has 112 heavy (non-hydrogen) atoms. The van der Waals surface area contributed by atoms with Gasteiger partial charge in [0.25, 0.3) is 13.4 Å². The lowest BCUT2D eigenvalue weighted by molar-refractivity contribution is 0.442. The van der Waals surface area contributed by atoms with Crippen molar-refractivity contribution < 1.29 is 42.6 Å². The molecule has 0 amide bonds. The Morgan fingerprint density at radius 2 is 0.455 bits per heavy atom. The maximum Gasteiger partial charge on any atom is 0.270 e. The monoisotopic (exact) mass is 1440 g/mol. The van der Waals surface area contributed by atoms with E-state index in [0.29, 0.717) is 57.5 Å². The lowest BCUT2D eigenvalue weighted by atomic mass is 9.33. The number of fused-ring (bicyclic) bond motifs is 13. The van der Waals surface area contributed by atoms with Crippen LogP contribution in [-0.2, 0) is 0 Å². The van der Waals surface area contributed by atoms with Crippen molar-refractivity contribution in [1.29, 1.82) is 0 Å². The molecule has 0 spiro atoms. The molecule has 9 aliphatic rings. The third-order valence-corrected chi connectivity index (χ3v) is 23.3. The van der Waals surface area contributed by atoms with E-state index in [9.17, 15) is 0 Å². The maximum atomic E-state index is 7.51. The first-order chi connectivity index (χ1) is 55.6. The van der Waals surface area contributed by atoms with Gasteiger partial charge < -0.3 is 51.8 Å². The summed E-state index contributed by atoms with van der Waals surface area (Å²) in [5, 5.41) is 4.83. The van der Waals surface area contributed by atoms with Gasteiger partial charge in [-0.25, -0.2) is 0 Å². The number of ether oxygens (including phenoxy) is 9. The molecule has 0 N–H and O–H groups in total. The molecule has 0 aliphatic carbocycles. The summed E-state index contributed by atoms with van der Waals surface area (Å²) >= 11 is 0. The van der Waals surface area contributed by atoms with E-state index in [1.807, 2.05) is 182 Å². The zero-order valence-electron chi connectivity index (χ0n) is 59.2. The van der Waals surface area contributed by atoms with Gasteiger partial charge >= 0.3 is 0 Å². The topological polar surface area (TPSA) is 103 Å². The zero-order chi connectivity index (χ0) is 72.7. The van der Waals surface area contributed by atoms with Gasteiger partial charge in [-0.1, -0.05) is 164 Å². The number of benzene rings is 16. The number of nitrogens with zero attached hydrogens (tertiary/aromatic N) is 5. The number of hydrogen-bond donors (Lipinski definition) is 0. The van der Waals surface area contributed by atoms with Crippen LogP contribution in [0.2, 0.25) is 0 Å². The van der Waals surface area contributed by atoms with Crippen LogP contribution in [0.1, 0.15) is 0 Å². The molecule has 0 radical (unpaired) electrons. The minimum Gasteiger partial charge on any atom is -0.458 e. The Kier molecular flexibility index (Phi) is 11.9. The van der Waals surface area contributed by atoms with Crippen molar-refractivity contribution >= 4 is 141 Å².